The van der Waals surface area contributed by atoms with E-state index in [9.17, 15) is 4.79 Å². The quantitative estimate of drug-likeness (QED) is 0.867. The molecule has 1 fully saturated rings. The van der Waals surface area contributed by atoms with Crippen LogP contribution in [0.15, 0.2) is 24.3 Å². The zero-order chi connectivity index (χ0) is 14.4. The number of hydrogen-bond donors (Lipinski definition) is 2. The molecular formula is C17H26N2O. The number of carbonyl (C=O) groups excluding carboxylic acids is 1. The minimum absolute atomic E-state index is 0.129. The molecule has 0 aliphatic heterocycles. The summed E-state index contributed by atoms with van der Waals surface area (Å²) in [4.78, 5) is 11.9. The molecule has 3 heteroatoms. The zero-order valence-corrected chi connectivity index (χ0v) is 12.4. The summed E-state index contributed by atoms with van der Waals surface area (Å²) in [5, 5.41) is 3.08. The molecule has 1 amide bonds. The van der Waals surface area contributed by atoms with E-state index in [4.69, 9.17) is 5.73 Å². The van der Waals surface area contributed by atoms with Crippen LogP contribution in [0.3, 0.4) is 0 Å². The first-order chi connectivity index (χ1) is 9.67. The van der Waals surface area contributed by atoms with Gasteiger partial charge >= 0.3 is 0 Å². The van der Waals surface area contributed by atoms with Gasteiger partial charge in [0, 0.05) is 13.1 Å². The standard InChI is InChI=1S/C17H26N2O/c1-13-2-4-16(5-3-13)12-19-17(20)10-14-6-8-15(11-18)9-7-14/h6-9,13,16H,2-5,10-12,18H2,1H3,(H,19,20). The van der Waals surface area contributed by atoms with E-state index in [2.05, 4.69) is 12.2 Å². The summed E-state index contributed by atoms with van der Waals surface area (Å²) < 4.78 is 0. The van der Waals surface area contributed by atoms with Gasteiger partial charge in [-0.15, -0.1) is 0 Å². The maximum Gasteiger partial charge on any atom is 0.224 e. The zero-order valence-electron chi connectivity index (χ0n) is 12.4. The minimum atomic E-state index is 0.129. The molecule has 0 unspecified atom stereocenters. The van der Waals surface area contributed by atoms with Gasteiger partial charge in [0.2, 0.25) is 5.91 Å². The Morgan fingerprint density at radius 1 is 1.15 bits per heavy atom. The third-order valence-corrected chi connectivity index (χ3v) is 4.35. The average molecular weight is 274 g/mol. The van der Waals surface area contributed by atoms with Crippen LogP contribution in [0.2, 0.25) is 0 Å². The van der Waals surface area contributed by atoms with Gasteiger partial charge in [-0.3, -0.25) is 4.79 Å². The van der Waals surface area contributed by atoms with Crippen LogP contribution in [0, 0.1) is 11.8 Å². The van der Waals surface area contributed by atoms with Crippen LogP contribution in [0.4, 0.5) is 0 Å². The molecule has 1 aliphatic rings. The van der Waals surface area contributed by atoms with Gasteiger partial charge in [0.05, 0.1) is 6.42 Å². The van der Waals surface area contributed by atoms with Crippen LogP contribution in [0.1, 0.15) is 43.7 Å². The van der Waals surface area contributed by atoms with Crippen molar-refractivity contribution >= 4 is 5.91 Å². The molecule has 3 nitrogen and oxygen atoms in total. The van der Waals surface area contributed by atoms with E-state index in [1.54, 1.807) is 0 Å². The molecule has 0 radical (unpaired) electrons. The number of carbonyl (C=O) groups is 1. The highest BCUT2D eigenvalue weighted by Gasteiger charge is 2.18. The fourth-order valence-corrected chi connectivity index (χ4v) is 2.83. The lowest BCUT2D eigenvalue weighted by Crippen LogP contribution is -2.32. The van der Waals surface area contributed by atoms with Crippen molar-refractivity contribution in [2.24, 2.45) is 17.6 Å². The Bertz CT molecular complexity index is 419. The third-order valence-electron chi connectivity index (χ3n) is 4.35. The first kappa shape index (κ1) is 15.0. The SMILES string of the molecule is CC1CCC(CNC(=O)Cc2ccc(CN)cc2)CC1. The fraction of sp³-hybridized carbons (Fsp3) is 0.588. The van der Waals surface area contributed by atoms with Crippen molar-refractivity contribution < 1.29 is 4.79 Å². The number of benzene rings is 1. The first-order valence-electron chi connectivity index (χ1n) is 7.72. The van der Waals surface area contributed by atoms with Gasteiger partial charge in [-0.25, -0.2) is 0 Å². The van der Waals surface area contributed by atoms with Crippen molar-refractivity contribution in [3.63, 3.8) is 0 Å². The predicted molar refractivity (Wildman–Crippen MR) is 82.2 cm³/mol. The highest BCUT2D eigenvalue weighted by Crippen LogP contribution is 2.27. The van der Waals surface area contributed by atoms with E-state index in [1.165, 1.54) is 25.7 Å². The lowest BCUT2D eigenvalue weighted by atomic mass is 9.83. The molecule has 0 aromatic heterocycles. The minimum Gasteiger partial charge on any atom is -0.356 e. The van der Waals surface area contributed by atoms with E-state index in [0.717, 1.165) is 23.6 Å². The molecule has 1 aliphatic carbocycles. The monoisotopic (exact) mass is 274 g/mol. The Morgan fingerprint density at radius 2 is 1.75 bits per heavy atom. The van der Waals surface area contributed by atoms with Gasteiger partial charge in [-0.05, 0) is 35.8 Å². The lowest BCUT2D eigenvalue weighted by molar-refractivity contribution is -0.120. The van der Waals surface area contributed by atoms with E-state index in [-0.39, 0.29) is 5.91 Å². The van der Waals surface area contributed by atoms with Crippen LogP contribution in [-0.4, -0.2) is 12.5 Å². The van der Waals surface area contributed by atoms with Crippen LogP contribution in [0.25, 0.3) is 0 Å². The van der Waals surface area contributed by atoms with Crippen molar-refractivity contribution in [1.82, 2.24) is 5.32 Å². The molecule has 1 aromatic rings. The number of hydrogen-bond acceptors (Lipinski definition) is 2. The number of nitrogens with two attached hydrogens (primary N) is 1. The fourth-order valence-electron chi connectivity index (χ4n) is 2.83. The molecular weight excluding hydrogens is 248 g/mol. The second-order valence-electron chi connectivity index (χ2n) is 6.13. The summed E-state index contributed by atoms with van der Waals surface area (Å²) in [5.41, 5.74) is 7.72. The van der Waals surface area contributed by atoms with Gasteiger partial charge in [0.1, 0.15) is 0 Å². The van der Waals surface area contributed by atoms with Crippen LogP contribution in [0.5, 0.6) is 0 Å². The Morgan fingerprint density at radius 3 is 2.35 bits per heavy atom. The topological polar surface area (TPSA) is 55.1 Å². The average Bonchev–Trinajstić information content (AvgIpc) is 2.47. The molecule has 1 saturated carbocycles. The summed E-state index contributed by atoms with van der Waals surface area (Å²) in [6.07, 6.45) is 5.59. The number of rotatable bonds is 5. The van der Waals surface area contributed by atoms with Crippen LogP contribution >= 0.6 is 0 Å². The Hall–Kier alpha value is -1.35. The van der Waals surface area contributed by atoms with Crippen molar-refractivity contribution in [1.29, 1.82) is 0 Å². The Kier molecular flexibility index (Phi) is 5.60. The first-order valence-corrected chi connectivity index (χ1v) is 7.72. The maximum absolute atomic E-state index is 11.9. The summed E-state index contributed by atoms with van der Waals surface area (Å²) >= 11 is 0. The predicted octanol–water partition coefficient (Wildman–Crippen LogP) is 2.63. The largest absolute Gasteiger partial charge is 0.356 e. The highest BCUT2D eigenvalue weighted by atomic mass is 16.1. The smallest absolute Gasteiger partial charge is 0.224 e. The molecule has 20 heavy (non-hydrogen) atoms. The Labute approximate surface area is 121 Å². The van der Waals surface area contributed by atoms with Crippen molar-refractivity contribution in [3.05, 3.63) is 35.4 Å². The molecule has 0 bridgehead atoms. The van der Waals surface area contributed by atoms with Gasteiger partial charge in [-0.2, -0.15) is 0 Å². The van der Waals surface area contributed by atoms with Gasteiger partial charge in [-0.1, -0.05) is 44.0 Å². The summed E-state index contributed by atoms with van der Waals surface area (Å²) in [6, 6.07) is 7.96. The van der Waals surface area contributed by atoms with E-state index >= 15 is 0 Å². The molecule has 0 saturated heterocycles. The lowest BCUT2D eigenvalue weighted by Gasteiger charge is -2.26. The summed E-state index contributed by atoms with van der Waals surface area (Å²) in [5.74, 6) is 1.67. The second kappa shape index (κ2) is 7.44. The molecule has 1 aromatic carbocycles. The second-order valence-corrected chi connectivity index (χ2v) is 6.13. The van der Waals surface area contributed by atoms with E-state index in [0.29, 0.717) is 18.9 Å². The van der Waals surface area contributed by atoms with Crippen molar-refractivity contribution in [3.8, 4) is 0 Å². The molecule has 0 spiro atoms. The molecule has 0 heterocycles. The highest BCUT2D eigenvalue weighted by molar-refractivity contribution is 5.78. The summed E-state index contributed by atoms with van der Waals surface area (Å²) in [7, 11) is 0. The van der Waals surface area contributed by atoms with Gasteiger partial charge in [0.25, 0.3) is 0 Å². The van der Waals surface area contributed by atoms with E-state index < -0.39 is 0 Å². The Balaban J connectivity index is 1.72. The van der Waals surface area contributed by atoms with Crippen molar-refractivity contribution in [2.45, 2.75) is 45.6 Å². The normalized spacial score (nSPS) is 22.5. The third kappa shape index (κ3) is 4.64. The number of nitrogens with one attached hydrogen (secondary N) is 1. The van der Waals surface area contributed by atoms with Crippen LogP contribution in [-0.2, 0) is 17.8 Å². The van der Waals surface area contributed by atoms with Crippen molar-refractivity contribution in [2.75, 3.05) is 6.54 Å². The van der Waals surface area contributed by atoms with E-state index in [1.807, 2.05) is 24.3 Å². The molecule has 110 valence electrons. The molecule has 0 atom stereocenters. The van der Waals surface area contributed by atoms with Gasteiger partial charge in [0.15, 0.2) is 0 Å². The molecule has 2 rings (SSSR count). The summed E-state index contributed by atoms with van der Waals surface area (Å²) in [6.45, 7) is 3.71. The number of amides is 1. The van der Waals surface area contributed by atoms with Gasteiger partial charge < -0.3 is 11.1 Å². The molecule has 3 N–H and O–H groups in total. The van der Waals surface area contributed by atoms with Crippen LogP contribution < -0.4 is 11.1 Å². The maximum atomic E-state index is 11.9.